The van der Waals surface area contributed by atoms with Gasteiger partial charge in [0, 0.05) is 17.0 Å². The van der Waals surface area contributed by atoms with Gasteiger partial charge in [0.15, 0.2) is 0 Å². The Bertz CT molecular complexity index is 866. The standard InChI is InChI=1S/C21H34N8O/c1-20-7-5-12(30)9-11(20)10-15(26-28-18(22)23)17-13-3-4-16(27-29-19(24)25)21(13,2)8-6-14(17)20/h10,12-14,17,30H,3-9H2,1-2H3,(H4,22,23,28)(H4,24,25,29)/b26-15-,27-16+/t12-,13?,14?,17?,20-,21-/m0/s1. The Labute approximate surface area is 177 Å². The van der Waals surface area contributed by atoms with Crippen molar-refractivity contribution in [1.82, 2.24) is 0 Å². The minimum Gasteiger partial charge on any atom is -0.393 e. The molecule has 4 rings (SSSR count). The Morgan fingerprint density at radius 3 is 2.27 bits per heavy atom. The summed E-state index contributed by atoms with van der Waals surface area (Å²) in [6, 6.07) is 0. The molecule has 3 unspecified atom stereocenters. The van der Waals surface area contributed by atoms with Crippen LogP contribution in [0.1, 0.15) is 58.8 Å². The third-order valence-electron chi connectivity index (χ3n) is 8.25. The molecule has 0 spiro atoms. The molecule has 4 aliphatic rings. The molecular weight excluding hydrogens is 380 g/mol. The number of nitrogens with zero attached hydrogens (tertiary/aromatic N) is 4. The second-order valence-corrected chi connectivity index (χ2v) is 9.84. The van der Waals surface area contributed by atoms with Gasteiger partial charge in [-0.3, -0.25) is 0 Å². The number of aliphatic hydroxyl groups is 1. The van der Waals surface area contributed by atoms with E-state index in [9.17, 15) is 5.11 Å². The first-order valence-electron chi connectivity index (χ1n) is 10.9. The van der Waals surface area contributed by atoms with Gasteiger partial charge in [0.1, 0.15) is 0 Å². The summed E-state index contributed by atoms with van der Waals surface area (Å²) in [7, 11) is 0. The molecule has 3 saturated carbocycles. The average Bonchev–Trinajstić information content (AvgIpc) is 3.01. The number of rotatable bonds is 2. The molecule has 30 heavy (non-hydrogen) atoms. The van der Waals surface area contributed by atoms with Gasteiger partial charge in [0.05, 0.1) is 11.8 Å². The molecule has 0 aromatic rings. The van der Waals surface area contributed by atoms with E-state index in [0.717, 1.165) is 49.9 Å². The summed E-state index contributed by atoms with van der Waals surface area (Å²) in [5.74, 6) is 0.992. The van der Waals surface area contributed by atoms with Gasteiger partial charge in [-0.2, -0.15) is 10.2 Å². The second kappa shape index (κ2) is 7.37. The number of hydrogen-bond acceptors (Lipinski definition) is 5. The maximum atomic E-state index is 10.3. The highest BCUT2D eigenvalue weighted by atomic mass is 16.3. The highest BCUT2D eigenvalue weighted by Crippen LogP contribution is 2.63. The first-order chi connectivity index (χ1) is 14.1. The van der Waals surface area contributed by atoms with E-state index in [1.54, 1.807) is 0 Å². The zero-order chi connectivity index (χ0) is 21.7. The Hall–Kier alpha value is -2.42. The largest absolute Gasteiger partial charge is 0.393 e. The maximum absolute atomic E-state index is 10.3. The molecule has 0 radical (unpaired) electrons. The zero-order valence-corrected chi connectivity index (χ0v) is 17.9. The maximum Gasteiger partial charge on any atom is 0.211 e. The highest BCUT2D eigenvalue weighted by Gasteiger charge is 2.59. The van der Waals surface area contributed by atoms with Crippen LogP contribution in [0.4, 0.5) is 0 Å². The van der Waals surface area contributed by atoms with Crippen LogP contribution in [-0.2, 0) is 0 Å². The first-order valence-corrected chi connectivity index (χ1v) is 10.9. The van der Waals surface area contributed by atoms with Crippen LogP contribution in [0.25, 0.3) is 0 Å². The summed E-state index contributed by atoms with van der Waals surface area (Å²) in [4.78, 5) is 0. The minimum absolute atomic E-state index is 0.0169. The predicted molar refractivity (Wildman–Crippen MR) is 120 cm³/mol. The van der Waals surface area contributed by atoms with Crippen LogP contribution in [0, 0.1) is 28.6 Å². The molecular formula is C21H34N8O. The lowest BCUT2D eigenvalue weighted by atomic mass is 9.47. The van der Waals surface area contributed by atoms with Crippen molar-refractivity contribution in [1.29, 1.82) is 0 Å². The fourth-order valence-electron chi connectivity index (χ4n) is 6.69. The van der Waals surface area contributed by atoms with Gasteiger partial charge in [-0.25, -0.2) is 0 Å². The minimum atomic E-state index is -0.288. The van der Waals surface area contributed by atoms with Crippen molar-refractivity contribution < 1.29 is 5.11 Å². The average molecular weight is 415 g/mol. The molecule has 4 aliphatic carbocycles. The van der Waals surface area contributed by atoms with Crippen molar-refractivity contribution in [3.8, 4) is 0 Å². The van der Waals surface area contributed by atoms with Crippen molar-refractivity contribution in [2.75, 3.05) is 0 Å². The zero-order valence-electron chi connectivity index (χ0n) is 17.9. The number of allylic oxidation sites excluding steroid dienone is 1. The molecule has 0 aromatic heterocycles. The summed E-state index contributed by atoms with van der Waals surface area (Å²) in [5.41, 5.74) is 25.5. The van der Waals surface area contributed by atoms with Crippen molar-refractivity contribution in [2.24, 2.45) is 71.9 Å². The van der Waals surface area contributed by atoms with Crippen molar-refractivity contribution >= 4 is 23.3 Å². The Morgan fingerprint density at radius 1 is 0.933 bits per heavy atom. The van der Waals surface area contributed by atoms with Gasteiger partial charge >= 0.3 is 0 Å². The Balaban J connectivity index is 1.79. The molecule has 0 heterocycles. The summed E-state index contributed by atoms with van der Waals surface area (Å²) < 4.78 is 0. The molecule has 6 atom stereocenters. The third kappa shape index (κ3) is 3.29. The van der Waals surface area contributed by atoms with E-state index in [0.29, 0.717) is 18.3 Å². The van der Waals surface area contributed by atoms with E-state index >= 15 is 0 Å². The van der Waals surface area contributed by atoms with Gasteiger partial charge < -0.3 is 28.0 Å². The molecule has 9 nitrogen and oxygen atoms in total. The van der Waals surface area contributed by atoms with Crippen LogP contribution in [0.15, 0.2) is 32.1 Å². The summed E-state index contributed by atoms with van der Waals surface area (Å²) in [6.45, 7) is 4.65. The lowest BCUT2D eigenvalue weighted by Gasteiger charge is -2.57. The number of hydrogen-bond donors (Lipinski definition) is 5. The van der Waals surface area contributed by atoms with Gasteiger partial charge in [-0.05, 0) is 68.3 Å². The van der Waals surface area contributed by atoms with E-state index in [1.807, 2.05) is 0 Å². The Kier molecular flexibility index (Phi) is 5.12. The SMILES string of the molecule is C[C@]12CC[C@H](O)CC1=C/C(=N/N=C(N)N)C1C2CC[C@]2(C)/C(=N/N=C(N)N)CCC12. The van der Waals surface area contributed by atoms with Gasteiger partial charge in [-0.1, -0.05) is 19.4 Å². The van der Waals surface area contributed by atoms with Crippen LogP contribution in [0.2, 0.25) is 0 Å². The van der Waals surface area contributed by atoms with Crippen LogP contribution in [0.3, 0.4) is 0 Å². The normalized spacial score (nSPS) is 42.7. The molecule has 0 aliphatic heterocycles. The van der Waals surface area contributed by atoms with E-state index in [2.05, 4.69) is 40.3 Å². The quantitative estimate of drug-likeness (QED) is 0.259. The molecule has 0 bridgehead atoms. The molecule has 9 heteroatoms. The molecule has 3 fully saturated rings. The monoisotopic (exact) mass is 414 g/mol. The lowest BCUT2D eigenvalue weighted by molar-refractivity contribution is 0.0104. The summed E-state index contributed by atoms with van der Waals surface area (Å²) in [5, 5.41) is 27.2. The molecule has 9 N–H and O–H groups in total. The van der Waals surface area contributed by atoms with Gasteiger partial charge in [-0.15, -0.1) is 10.2 Å². The number of fused-ring (bicyclic) bond motifs is 5. The van der Waals surface area contributed by atoms with E-state index in [4.69, 9.17) is 22.9 Å². The fraction of sp³-hybridized carbons (Fsp3) is 0.714. The molecule has 0 aromatic carbocycles. The van der Waals surface area contributed by atoms with Crippen LogP contribution >= 0.6 is 0 Å². The highest BCUT2D eigenvalue weighted by molar-refractivity contribution is 6.01. The van der Waals surface area contributed by atoms with E-state index in [1.165, 1.54) is 5.57 Å². The van der Waals surface area contributed by atoms with Crippen LogP contribution in [0.5, 0.6) is 0 Å². The van der Waals surface area contributed by atoms with E-state index < -0.39 is 0 Å². The fourth-order valence-corrected chi connectivity index (χ4v) is 6.69. The van der Waals surface area contributed by atoms with Gasteiger partial charge in [0.2, 0.25) is 11.9 Å². The number of nitrogens with two attached hydrogens (primary N) is 4. The van der Waals surface area contributed by atoms with E-state index in [-0.39, 0.29) is 34.8 Å². The van der Waals surface area contributed by atoms with Crippen molar-refractivity contribution in [3.63, 3.8) is 0 Å². The molecule has 164 valence electrons. The first kappa shape index (κ1) is 20.8. The van der Waals surface area contributed by atoms with Crippen molar-refractivity contribution in [3.05, 3.63) is 11.6 Å². The lowest BCUT2D eigenvalue weighted by Crippen LogP contribution is -2.53. The molecule has 0 amide bonds. The smallest absolute Gasteiger partial charge is 0.211 e. The topological polar surface area (TPSA) is 174 Å². The number of aliphatic hydroxyl groups excluding tert-OH is 1. The molecule has 0 saturated heterocycles. The summed E-state index contributed by atoms with van der Waals surface area (Å²) in [6.07, 6.45) is 8.39. The van der Waals surface area contributed by atoms with Crippen LogP contribution in [-0.4, -0.2) is 34.6 Å². The third-order valence-corrected chi connectivity index (χ3v) is 8.25. The summed E-state index contributed by atoms with van der Waals surface area (Å²) >= 11 is 0. The van der Waals surface area contributed by atoms with Gasteiger partial charge in [0.25, 0.3) is 0 Å². The van der Waals surface area contributed by atoms with Crippen LogP contribution < -0.4 is 22.9 Å². The van der Waals surface area contributed by atoms with Crippen molar-refractivity contribution in [2.45, 2.75) is 64.9 Å². The number of guanidine groups is 2. The predicted octanol–water partition coefficient (Wildman–Crippen LogP) is 1.18. The Morgan fingerprint density at radius 2 is 1.57 bits per heavy atom. The second-order valence-electron chi connectivity index (χ2n) is 9.84.